The maximum Gasteiger partial charge on any atom is 0.129 e. The first-order chi connectivity index (χ1) is 15.7. The van der Waals surface area contributed by atoms with Crippen molar-refractivity contribution in [2.75, 3.05) is 0 Å². The van der Waals surface area contributed by atoms with Gasteiger partial charge in [0, 0.05) is 21.2 Å². The quantitative estimate of drug-likeness (QED) is 0.246. The second kappa shape index (κ2) is 10.2. The lowest BCUT2D eigenvalue weighted by molar-refractivity contribution is 0.306. The van der Waals surface area contributed by atoms with Crippen LogP contribution in [0.2, 0.25) is 10.0 Å². The summed E-state index contributed by atoms with van der Waals surface area (Å²) < 4.78 is 6.11. The Morgan fingerprint density at radius 1 is 0.938 bits per heavy atom. The number of hydrogen-bond acceptors (Lipinski definition) is 4. The van der Waals surface area contributed by atoms with Crippen LogP contribution in [0.3, 0.4) is 0 Å². The van der Waals surface area contributed by atoms with Gasteiger partial charge in [0.2, 0.25) is 0 Å². The fourth-order valence-electron chi connectivity index (χ4n) is 3.36. The normalized spacial score (nSPS) is 10.9. The average molecular weight is 460 g/mol. The maximum atomic E-state index is 9.12. The standard InChI is InChI=1S/C26H19Cl2N3O/c27-24-9-4-10-25(28)23(24)16-31-30-15-22-21-8-2-1-7-20(21)11-12-26(22)32-17-19-6-3-5-18(13-19)14-29/h1-13,15,31H,16-17H2/b30-15+. The van der Waals surface area contributed by atoms with Gasteiger partial charge >= 0.3 is 0 Å². The number of nitrogens with one attached hydrogen (secondary N) is 1. The highest BCUT2D eigenvalue weighted by Gasteiger charge is 2.09. The Hall–Kier alpha value is -3.52. The number of fused-ring (bicyclic) bond motifs is 1. The molecule has 32 heavy (non-hydrogen) atoms. The Balaban J connectivity index is 1.57. The highest BCUT2D eigenvalue weighted by molar-refractivity contribution is 6.35. The number of hydrazone groups is 1. The summed E-state index contributed by atoms with van der Waals surface area (Å²) in [6, 6.07) is 26.9. The maximum absolute atomic E-state index is 9.12. The SMILES string of the molecule is N#Cc1cccc(COc2ccc3ccccc3c2/C=N/NCc2c(Cl)cccc2Cl)c1. The molecule has 0 spiro atoms. The first kappa shape index (κ1) is 21.7. The van der Waals surface area contributed by atoms with Crippen LogP contribution in [-0.2, 0) is 13.2 Å². The zero-order chi connectivity index (χ0) is 22.3. The van der Waals surface area contributed by atoms with Crippen molar-refractivity contribution in [2.45, 2.75) is 13.2 Å². The van der Waals surface area contributed by atoms with E-state index in [1.165, 1.54) is 0 Å². The molecular formula is C26H19Cl2N3O. The monoisotopic (exact) mass is 459 g/mol. The van der Waals surface area contributed by atoms with Crippen molar-refractivity contribution >= 4 is 40.2 Å². The lowest BCUT2D eigenvalue weighted by Gasteiger charge is -2.12. The van der Waals surface area contributed by atoms with Gasteiger partial charge in [0.25, 0.3) is 0 Å². The molecule has 4 nitrogen and oxygen atoms in total. The van der Waals surface area contributed by atoms with Crippen molar-refractivity contribution in [3.05, 3.63) is 111 Å². The third-order valence-corrected chi connectivity index (χ3v) is 5.69. The number of nitrogens with zero attached hydrogens (tertiary/aromatic N) is 2. The van der Waals surface area contributed by atoms with Gasteiger partial charge in [-0.15, -0.1) is 0 Å². The molecule has 0 saturated heterocycles. The van der Waals surface area contributed by atoms with E-state index in [0.717, 1.165) is 27.5 Å². The van der Waals surface area contributed by atoms with Gasteiger partial charge in [-0.25, -0.2) is 0 Å². The predicted octanol–water partition coefficient (Wildman–Crippen LogP) is 6.72. The summed E-state index contributed by atoms with van der Waals surface area (Å²) in [6.07, 6.45) is 1.74. The number of rotatable bonds is 7. The minimum atomic E-state index is 0.345. The zero-order valence-corrected chi connectivity index (χ0v) is 18.6. The molecule has 0 saturated carbocycles. The van der Waals surface area contributed by atoms with Gasteiger partial charge in [0.1, 0.15) is 12.4 Å². The number of halogens is 2. The molecule has 0 fully saturated rings. The molecule has 0 heterocycles. The molecule has 0 aromatic heterocycles. The molecule has 158 valence electrons. The van der Waals surface area contributed by atoms with Crippen LogP contribution in [0.15, 0.2) is 84.0 Å². The van der Waals surface area contributed by atoms with Gasteiger partial charge in [-0.1, -0.05) is 71.7 Å². The second-order valence-corrected chi connectivity index (χ2v) is 7.91. The van der Waals surface area contributed by atoms with E-state index >= 15 is 0 Å². The summed E-state index contributed by atoms with van der Waals surface area (Å²) in [5.74, 6) is 0.701. The first-order valence-electron chi connectivity index (χ1n) is 9.98. The van der Waals surface area contributed by atoms with Gasteiger partial charge in [-0.3, -0.25) is 0 Å². The van der Waals surface area contributed by atoms with Crippen LogP contribution in [-0.4, -0.2) is 6.21 Å². The molecule has 0 aliphatic rings. The van der Waals surface area contributed by atoms with Crippen LogP contribution < -0.4 is 10.2 Å². The van der Waals surface area contributed by atoms with Crippen molar-refractivity contribution in [1.29, 1.82) is 5.26 Å². The Bertz CT molecular complexity index is 1310. The molecule has 0 aliphatic heterocycles. The van der Waals surface area contributed by atoms with Crippen molar-refractivity contribution < 1.29 is 4.74 Å². The van der Waals surface area contributed by atoms with Crippen LogP contribution in [0.4, 0.5) is 0 Å². The molecule has 0 bridgehead atoms. The van der Waals surface area contributed by atoms with E-state index in [-0.39, 0.29) is 0 Å². The molecule has 0 unspecified atom stereocenters. The first-order valence-corrected chi connectivity index (χ1v) is 10.7. The molecule has 0 atom stereocenters. The minimum Gasteiger partial charge on any atom is -0.488 e. The van der Waals surface area contributed by atoms with Crippen LogP contribution in [0, 0.1) is 11.3 Å². The van der Waals surface area contributed by atoms with Gasteiger partial charge < -0.3 is 10.2 Å². The van der Waals surface area contributed by atoms with Crippen LogP contribution in [0.1, 0.15) is 22.3 Å². The zero-order valence-electron chi connectivity index (χ0n) is 17.1. The van der Waals surface area contributed by atoms with Gasteiger partial charge in [0.05, 0.1) is 24.4 Å². The highest BCUT2D eigenvalue weighted by atomic mass is 35.5. The third kappa shape index (κ3) is 5.03. The summed E-state index contributed by atoms with van der Waals surface area (Å²) in [6.45, 7) is 0.744. The van der Waals surface area contributed by atoms with E-state index in [9.17, 15) is 0 Å². The van der Waals surface area contributed by atoms with E-state index in [1.54, 1.807) is 24.4 Å². The molecule has 0 aliphatic carbocycles. The fraction of sp³-hybridized carbons (Fsp3) is 0.0769. The van der Waals surface area contributed by atoms with E-state index in [0.29, 0.717) is 34.5 Å². The lowest BCUT2D eigenvalue weighted by atomic mass is 10.0. The van der Waals surface area contributed by atoms with Crippen LogP contribution in [0.25, 0.3) is 10.8 Å². The summed E-state index contributed by atoms with van der Waals surface area (Å²) in [4.78, 5) is 0. The van der Waals surface area contributed by atoms with Gasteiger partial charge in [0.15, 0.2) is 0 Å². The molecule has 1 N–H and O–H groups in total. The van der Waals surface area contributed by atoms with E-state index < -0.39 is 0 Å². The average Bonchev–Trinajstić information content (AvgIpc) is 2.82. The third-order valence-electron chi connectivity index (χ3n) is 4.98. The van der Waals surface area contributed by atoms with Crippen molar-refractivity contribution in [2.24, 2.45) is 5.10 Å². The second-order valence-electron chi connectivity index (χ2n) is 7.09. The Morgan fingerprint density at radius 2 is 1.72 bits per heavy atom. The molecule has 4 aromatic carbocycles. The number of ether oxygens (including phenoxy) is 1. The molecule has 6 heteroatoms. The summed E-state index contributed by atoms with van der Waals surface area (Å²) in [7, 11) is 0. The topological polar surface area (TPSA) is 57.4 Å². The van der Waals surface area contributed by atoms with Crippen molar-refractivity contribution in [3.8, 4) is 11.8 Å². The fourth-order valence-corrected chi connectivity index (χ4v) is 3.89. The summed E-state index contributed by atoms with van der Waals surface area (Å²) in [5.41, 5.74) is 6.20. The summed E-state index contributed by atoms with van der Waals surface area (Å²) >= 11 is 12.5. The number of benzene rings is 4. The smallest absolute Gasteiger partial charge is 0.129 e. The van der Waals surface area contributed by atoms with Crippen molar-refractivity contribution in [1.82, 2.24) is 5.43 Å². The van der Waals surface area contributed by atoms with Crippen LogP contribution >= 0.6 is 23.2 Å². The Kier molecular flexibility index (Phi) is 6.91. The van der Waals surface area contributed by atoms with Crippen LogP contribution in [0.5, 0.6) is 5.75 Å². The summed E-state index contributed by atoms with van der Waals surface area (Å²) in [5, 5.41) is 16.8. The van der Waals surface area contributed by atoms with Gasteiger partial charge in [-0.05, 0) is 46.7 Å². The molecule has 0 amide bonds. The number of hydrogen-bond donors (Lipinski definition) is 1. The largest absolute Gasteiger partial charge is 0.488 e. The molecule has 4 rings (SSSR count). The number of nitriles is 1. The van der Waals surface area contributed by atoms with Crippen molar-refractivity contribution in [3.63, 3.8) is 0 Å². The Morgan fingerprint density at radius 3 is 2.53 bits per heavy atom. The molecule has 0 radical (unpaired) electrons. The minimum absolute atomic E-state index is 0.345. The van der Waals surface area contributed by atoms with E-state index in [4.69, 9.17) is 33.2 Å². The molecule has 4 aromatic rings. The predicted molar refractivity (Wildman–Crippen MR) is 130 cm³/mol. The molecular weight excluding hydrogens is 441 g/mol. The Labute approximate surface area is 196 Å². The lowest BCUT2D eigenvalue weighted by Crippen LogP contribution is -2.07. The van der Waals surface area contributed by atoms with Gasteiger partial charge in [-0.2, -0.15) is 10.4 Å². The highest BCUT2D eigenvalue weighted by Crippen LogP contribution is 2.28. The van der Waals surface area contributed by atoms with E-state index in [2.05, 4.69) is 16.6 Å². The van der Waals surface area contributed by atoms with E-state index in [1.807, 2.05) is 60.7 Å².